The number of hydrogen-bond donors (Lipinski definition) is 4. The number of carbonyl (C=O) groups excluding carboxylic acids is 2. The van der Waals surface area contributed by atoms with Crippen LogP contribution in [-0.2, 0) is 14.3 Å². The van der Waals surface area contributed by atoms with E-state index in [1.165, 1.54) is 0 Å². The smallest absolute Gasteiger partial charge is 0.309 e. The third-order valence-electron chi connectivity index (χ3n) is 9.26. The van der Waals surface area contributed by atoms with E-state index < -0.39 is 63.7 Å². The third kappa shape index (κ3) is 2.62. The molecule has 0 saturated heterocycles. The van der Waals surface area contributed by atoms with Gasteiger partial charge in [0, 0.05) is 35.5 Å². The lowest BCUT2D eigenvalue weighted by Crippen LogP contribution is -2.65. The highest BCUT2D eigenvalue weighted by atomic mass is 16.6. The topological polar surface area (TPSA) is 124 Å². The number of aliphatic hydroxyl groups excluding tert-OH is 1. The number of rotatable bonds is 4. The second kappa shape index (κ2) is 6.98. The van der Waals surface area contributed by atoms with Crippen molar-refractivity contribution in [1.29, 1.82) is 0 Å². The van der Waals surface area contributed by atoms with Crippen molar-refractivity contribution in [3.05, 3.63) is 23.3 Å². The number of Topliss-reactive ketones (excluding diaryl/α,β-unsaturated/α-hetero) is 1. The van der Waals surface area contributed by atoms with Crippen molar-refractivity contribution in [2.24, 2.45) is 35.0 Å². The van der Waals surface area contributed by atoms with Gasteiger partial charge in [-0.2, -0.15) is 0 Å². The minimum Gasteiger partial charge on any atom is -0.459 e. The van der Waals surface area contributed by atoms with Gasteiger partial charge in [0.05, 0.1) is 18.1 Å². The van der Waals surface area contributed by atoms with Gasteiger partial charge < -0.3 is 25.2 Å². The van der Waals surface area contributed by atoms with Crippen LogP contribution in [0, 0.1) is 35.0 Å². The summed E-state index contributed by atoms with van der Waals surface area (Å²) in [5.41, 5.74) is -4.78. The zero-order chi connectivity index (χ0) is 24.0. The van der Waals surface area contributed by atoms with Crippen LogP contribution < -0.4 is 0 Å². The number of carbonyl (C=O) groups is 2. The van der Waals surface area contributed by atoms with Crippen molar-refractivity contribution in [3.8, 4) is 0 Å². The molecule has 0 radical (unpaired) electrons. The van der Waals surface area contributed by atoms with Gasteiger partial charge >= 0.3 is 5.97 Å². The van der Waals surface area contributed by atoms with Gasteiger partial charge in [-0.15, -0.1) is 0 Å². The van der Waals surface area contributed by atoms with Crippen LogP contribution in [0.15, 0.2) is 23.3 Å². The molecule has 2 fully saturated rings. The Morgan fingerprint density at radius 3 is 2.44 bits per heavy atom. The fraction of sp³-hybridized carbons (Fsp3) is 0.760. The average molecular weight is 449 g/mol. The maximum Gasteiger partial charge on any atom is 0.309 e. The molecule has 4 aliphatic carbocycles. The lowest BCUT2D eigenvalue weighted by molar-refractivity contribution is -0.222. The first kappa shape index (κ1) is 23.6. The Hall–Kier alpha value is -1.54. The van der Waals surface area contributed by atoms with E-state index in [9.17, 15) is 30.0 Å². The van der Waals surface area contributed by atoms with Crippen molar-refractivity contribution in [2.75, 3.05) is 6.61 Å². The molecule has 0 amide bonds. The molecule has 4 aliphatic rings. The number of esters is 1. The fourth-order valence-electron chi connectivity index (χ4n) is 7.01. The molecule has 0 aromatic carbocycles. The first-order valence-corrected chi connectivity index (χ1v) is 11.6. The van der Waals surface area contributed by atoms with E-state index >= 15 is 0 Å². The Kier molecular flexibility index (Phi) is 5.15. The maximum atomic E-state index is 13.0. The van der Waals surface area contributed by atoms with Crippen LogP contribution >= 0.6 is 0 Å². The zero-order valence-electron chi connectivity index (χ0n) is 19.8. The Balaban J connectivity index is 1.89. The van der Waals surface area contributed by atoms with Gasteiger partial charge in [-0.1, -0.05) is 46.8 Å². The van der Waals surface area contributed by atoms with Crippen molar-refractivity contribution in [2.45, 2.75) is 77.3 Å². The van der Waals surface area contributed by atoms with Gasteiger partial charge in [0.2, 0.25) is 0 Å². The highest BCUT2D eigenvalue weighted by Gasteiger charge is 2.85. The second-order valence-corrected chi connectivity index (χ2v) is 11.1. The number of ketones is 1. The Morgan fingerprint density at radius 1 is 1.25 bits per heavy atom. The quantitative estimate of drug-likeness (QED) is 0.380. The Bertz CT molecular complexity index is 919. The molecule has 9 unspecified atom stereocenters. The second-order valence-electron chi connectivity index (χ2n) is 11.1. The summed E-state index contributed by atoms with van der Waals surface area (Å²) in [6.45, 7) is 10.4. The standard InChI is InChI=1S/C25H36O7/c1-7-12(2)21(28)32-20-14(4)24(30)16(18-22(5,6)25(18,20)31)9-15(11-26)10-23(29)17(24)8-13(3)19(23)27/h8-9,12,14,16-18,20,26,29-31H,7,10-11H2,1-6H3. The summed E-state index contributed by atoms with van der Waals surface area (Å²) >= 11 is 0. The Labute approximate surface area is 189 Å². The van der Waals surface area contributed by atoms with Crippen molar-refractivity contribution in [3.63, 3.8) is 0 Å². The third-order valence-corrected chi connectivity index (χ3v) is 9.26. The number of fused-ring (bicyclic) bond motifs is 5. The number of hydrogen-bond acceptors (Lipinski definition) is 7. The van der Waals surface area contributed by atoms with Gasteiger partial charge in [-0.25, -0.2) is 0 Å². The van der Waals surface area contributed by atoms with Crippen LogP contribution in [0.5, 0.6) is 0 Å². The predicted molar refractivity (Wildman–Crippen MR) is 116 cm³/mol. The monoisotopic (exact) mass is 448 g/mol. The molecule has 0 aliphatic heterocycles. The van der Waals surface area contributed by atoms with Crippen molar-refractivity contribution in [1.82, 2.24) is 0 Å². The molecule has 0 spiro atoms. The first-order chi connectivity index (χ1) is 14.7. The molecular formula is C25H36O7. The minimum absolute atomic E-state index is 0.0880. The largest absolute Gasteiger partial charge is 0.459 e. The fourth-order valence-corrected chi connectivity index (χ4v) is 7.01. The normalized spacial score (nSPS) is 47.3. The molecule has 9 atom stereocenters. The maximum absolute atomic E-state index is 13.0. The zero-order valence-corrected chi connectivity index (χ0v) is 19.8. The molecule has 178 valence electrons. The van der Waals surface area contributed by atoms with E-state index in [1.807, 2.05) is 20.8 Å². The van der Waals surface area contributed by atoms with Crippen molar-refractivity contribution >= 4 is 11.8 Å². The molecule has 7 heteroatoms. The SMILES string of the molecule is CCC(C)C(=O)OC1C(C)C2(O)C(C=C(CO)CC3(O)C(=O)C(C)=CC32)C2C(C)(C)C12O. The van der Waals surface area contributed by atoms with Gasteiger partial charge in [-0.05, 0) is 24.5 Å². The molecule has 32 heavy (non-hydrogen) atoms. The summed E-state index contributed by atoms with van der Waals surface area (Å²) in [5, 5.41) is 45.7. The summed E-state index contributed by atoms with van der Waals surface area (Å²) in [6, 6.07) is 0. The van der Waals surface area contributed by atoms with Crippen LogP contribution in [0.4, 0.5) is 0 Å². The van der Waals surface area contributed by atoms with E-state index in [0.717, 1.165) is 0 Å². The Morgan fingerprint density at radius 2 is 1.88 bits per heavy atom. The lowest BCUT2D eigenvalue weighted by Gasteiger charge is -2.52. The summed E-state index contributed by atoms with van der Waals surface area (Å²) in [5.74, 6) is -4.09. The first-order valence-electron chi connectivity index (χ1n) is 11.6. The molecule has 4 N–H and O–H groups in total. The molecule has 2 saturated carbocycles. The molecule has 0 aromatic heterocycles. The molecule has 0 bridgehead atoms. The van der Waals surface area contributed by atoms with E-state index in [2.05, 4.69) is 0 Å². The lowest BCUT2D eigenvalue weighted by atomic mass is 9.59. The molecule has 7 nitrogen and oxygen atoms in total. The van der Waals surface area contributed by atoms with Crippen molar-refractivity contribution < 1.29 is 34.8 Å². The summed E-state index contributed by atoms with van der Waals surface area (Å²) in [4.78, 5) is 25.8. The predicted octanol–water partition coefficient (Wildman–Crippen LogP) is 1.53. The van der Waals surface area contributed by atoms with E-state index in [0.29, 0.717) is 17.6 Å². The highest BCUT2D eigenvalue weighted by Crippen LogP contribution is 2.75. The van der Waals surface area contributed by atoms with Gasteiger partial charge in [0.15, 0.2) is 5.78 Å². The summed E-state index contributed by atoms with van der Waals surface area (Å²) in [6.07, 6.45) is 2.85. The van der Waals surface area contributed by atoms with Crippen LogP contribution in [0.1, 0.15) is 54.4 Å². The van der Waals surface area contributed by atoms with Gasteiger partial charge in [-0.3, -0.25) is 9.59 Å². The highest BCUT2D eigenvalue weighted by molar-refractivity contribution is 6.04. The van der Waals surface area contributed by atoms with Gasteiger partial charge in [0.25, 0.3) is 0 Å². The summed E-state index contributed by atoms with van der Waals surface area (Å²) < 4.78 is 5.89. The van der Waals surface area contributed by atoms with Gasteiger partial charge in [0.1, 0.15) is 17.3 Å². The number of ether oxygens (including phenoxy) is 1. The molecular weight excluding hydrogens is 412 g/mol. The molecule has 0 heterocycles. The molecule has 0 aromatic rings. The minimum atomic E-state index is -1.89. The summed E-state index contributed by atoms with van der Waals surface area (Å²) in [7, 11) is 0. The van der Waals surface area contributed by atoms with E-state index in [1.54, 1.807) is 32.9 Å². The van der Waals surface area contributed by atoms with Crippen LogP contribution in [0.2, 0.25) is 0 Å². The van der Waals surface area contributed by atoms with Crippen LogP contribution in [0.25, 0.3) is 0 Å². The van der Waals surface area contributed by atoms with Crippen LogP contribution in [-0.4, -0.2) is 61.7 Å². The van der Waals surface area contributed by atoms with E-state index in [4.69, 9.17) is 4.74 Å². The van der Waals surface area contributed by atoms with E-state index in [-0.39, 0.29) is 18.9 Å². The van der Waals surface area contributed by atoms with Crippen LogP contribution in [0.3, 0.4) is 0 Å². The molecule has 4 rings (SSSR count). The average Bonchev–Trinajstić information content (AvgIpc) is 3.13. The number of aliphatic hydroxyl groups is 4.